The van der Waals surface area contributed by atoms with Crippen LogP contribution >= 0.6 is 0 Å². The van der Waals surface area contributed by atoms with Crippen LogP contribution in [0.5, 0.6) is 0 Å². The third-order valence-corrected chi connectivity index (χ3v) is 7.03. The predicted molar refractivity (Wildman–Crippen MR) is 144 cm³/mol. The Morgan fingerprint density at radius 3 is 2.22 bits per heavy atom. The molecule has 0 radical (unpaired) electrons. The van der Waals surface area contributed by atoms with Crippen molar-refractivity contribution in [3.63, 3.8) is 0 Å². The molecular weight excluding hydrogens is 469 g/mol. The van der Waals surface area contributed by atoms with Gasteiger partial charge < -0.3 is 19.9 Å². The van der Waals surface area contributed by atoms with Gasteiger partial charge in [0.05, 0.1) is 19.6 Å². The van der Waals surface area contributed by atoms with E-state index >= 15 is 0 Å². The maximum absolute atomic E-state index is 13.7. The van der Waals surface area contributed by atoms with Crippen LogP contribution in [0.15, 0.2) is 78.9 Å². The Labute approximate surface area is 218 Å². The topological polar surface area (TPSA) is 61.9 Å². The molecule has 0 spiro atoms. The molecule has 1 aliphatic rings. The van der Waals surface area contributed by atoms with Crippen molar-refractivity contribution < 1.29 is 18.7 Å². The lowest BCUT2D eigenvalue weighted by Gasteiger charge is -2.40. The van der Waals surface area contributed by atoms with Gasteiger partial charge in [-0.15, -0.1) is 0 Å². The number of amides is 2. The minimum absolute atomic E-state index is 0.166. The van der Waals surface area contributed by atoms with Gasteiger partial charge in [0.2, 0.25) is 11.8 Å². The fourth-order valence-corrected chi connectivity index (χ4v) is 4.49. The number of hydrogen-bond acceptors (Lipinski definition) is 4. The molecule has 1 heterocycles. The second kappa shape index (κ2) is 12.0. The molecule has 1 fully saturated rings. The first-order chi connectivity index (χ1) is 17.9. The minimum Gasteiger partial charge on any atom is -0.378 e. The van der Waals surface area contributed by atoms with Crippen LogP contribution in [0.25, 0.3) is 0 Å². The van der Waals surface area contributed by atoms with Crippen LogP contribution < -0.4 is 10.2 Å². The number of morpholine rings is 1. The van der Waals surface area contributed by atoms with E-state index in [0.717, 1.165) is 29.9 Å². The Morgan fingerprint density at radius 2 is 1.59 bits per heavy atom. The number of halogens is 1. The largest absolute Gasteiger partial charge is 0.378 e. The lowest BCUT2D eigenvalue weighted by Crippen LogP contribution is -2.56. The van der Waals surface area contributed by atoms with E-state index in [9.17, 15) is 14.0 Å². The summed E-state index contributed by atoms with van der Waals surface area (Å²) in [7, 11) is 0. The number of benzene rings is 3. The SMILES string of the molecule is CCC(C)(C(=O)Nc1ccc(N2CCOCC2)cc1)N(Cc1ccc(F)cc1)C(=O)Cc1ccccc1. The third kappa shape index (κ3) is 6.54. The average molecular weight is 504 g/mol. The maximum Gasteiger partial charge on any atom is 0.250 e. The number of ether oxygens (including phenoxy) is 1. The van der Waals surface area contributed by atoms with E-state index in [2.05, 4.69) is 10.2 Å². The molecule has 1 atom stereocenters. The van der Waals surface area contributed by atoms with E-state index in [1.807, 2.05) is 61.5 Å². The minimum atomic E-state index is -1.12. The van der Waals surface area contributed by atoms with Gasteiger partial charge >= 0.3 is 0 Å². The molecular formula is C30H34FN3O3. The van der Waals surface area contributed by atoms with Gasteiger partial charge in [0.15, 0.2) is 0 Å². The molecule has 6 nitrogen and oxygen atoms in total. The quantitative estimate of drug-likeness (QED) is 0.444. The molecule has 1 N–H and O–H groups in total. The lowest BCUT2D eigenvalue weighted by molar-refractivity contribution is -0.145. The highest BCUT2D eigenvalue weighted by atomic mass is 19.1. The normalized spacial score (nSPS) is 15.1. The second-order valence-corrected chi connectivity index (χ2v) is 9.50. The van der Waals surface area contributed by atoms with Crippen LogP contribution in [-0.4, -0.2) is 48.6 Å². The summed E-state index contributed by atoms with van der Waals surface area (Å²) in [5.74, 6) is -0.780. The van der Waals surface area contributed by atoms with Gasteiger partial charge in [-0.2, -0.15) is 0 Å². The summed E-state index contributed by atoms with van der Waals surface area (Å²) in [6.07, 6.45) is 0.575. The van der Waals surface area contributed by atoms with E-state index in [1.165, 1.54) is 12.1 Å². The molecule has 7 heteroatoms. The van der Waals surface area contributed by atoms with E-state index < -0.39 is 5.54 Å². The van der Waals surface area contributed by atoms with Crippen LogP contribution in [0.2, 0.25) is 0 Å². The van der Waals surface area contributed by atoms with E-state index in [-0.39, 0.29) is 30.6 Å². The second-order valence-electron chi connectivity index (χ2n) is 9.50. The fraction of sp³-hybridized carbons (Fsp3) is 0.333. The highest BCUT2D eigenvalue weighted by Crippen LogP contribution is 2.27. The molecule has 4 rings (SSSR count). The molecule has 3 aromatic carbocycles. The zero-order valence-electron chi connectivity index (χ0n) is 21.5. The molecule has 1 saturated heterocycles. The highest BCUT2D eigenvalue weighted by Gasteiger charge is 2.40. The zero-order chi connectivity index (χ0) is 26.3. The maximum atomic E-state index is 13.7. The number of nitrogens with zero attached hydrogens (tertiary/aromatic N) is 2. The van der Waals surface area contributed by atoms with Crippen molar-refractivity contribution in [2.24, 2.45) is 0 Å². The van der Waals surface area contributed by atoms with Gasteiger partial charge in [-0.25, -0.2) is 4.39 Å². The molecule has 0 aromatic heterocycles. The van der Waals surface area contributed by atoms with Gasteiger partial charge in [0.1, 0.15) is 11.4 Å². The molecule has 2 amide bonds. The first-order valence-electron chi connectivity index (χ1n) is 12.7. The number of rotatable bonds is 9. The number of carbonyl (C=O) groups is 2. The van der Waals surface area contributed by atoms with Crippen molar-refractivity contribution in [3.8, 4) is 0 Å². The molecule has 3 aromatic rings. The van der Waals surface area contributed by atoms with Crippen molar-refractivity contribution in [2.45, 2.75) is 38.8 Å². The van der Waals surface area contributed by atoms with Crippen molar-refractivity contribution in [1.29, 1.82) is 0 Å². The molecule has 0 saturated carbocycles. The Hall–Kier alpha value is -3.71. The summed E-state index contributed by atoms with van der Waals surface area (Å²) < 4.78 is 19.0. The van der Waals surface area contributed by atoms with Crippen LogP contribution in [0.3, 0.4) is 0 Å². The molecule has 194 valence electrons. The highest BCUT2D eigenvalue weighted by molar-refractivity contribution is 6.00. The standard InChI is InChI=1S/C30H34FN3O3/c1-3-30(2,29(36)32-26-13-15-27(16-14-26)33-17-19-37-20-18-33)34(22-24-9-11-25(31)12-10-24)28(35)21-23-7-5-4-6-8-23/h4-16H,3,17-22H2,1-2H3,(H,32,36). The summed E-state index contributed by atoms with van der Waals surface area (Å²) in [5.41, 5.74) is 2.25. The van der Waals surface area contributed by atoms with Gasteiger partial charge in [-0.3, -0.25) is 9.59 Å². The summed E-state index contributed by atoms with van der Waals surface area (Å²) in [6.45, 7) is 6.95. The van der Waals surface area contributed by atoms with E-state index in [1.54, 1.807) is 24.0 Å². The summed E-state index contributed by atoms with van der Waals surface area (Å²) in [5, 5.41) is 3.02. The Kier molecular flexibility index (Phi) is 8.56. The smallest absolute Gasteiger partial charge is 0.250 e. The average Bonchev–Trinajstić information content (AvgIpc) is 2.93. The van der Waals surface area contributed by atoms with Gasteiger partial charge in [-0.1, -0.05) is 49.4 Å². The van der Waals surface area contributed by atoms with Gasteiger partial charge in [0, 0.05) is 31.0 Å². The van der Waals surface area contributed by atoms with Crippen molar-refractivity contribution >= 4 is 23.2 Å². The first-order valence-corrected chi connectivity index (χ1v) is 12.7. The van der Waals surface area contributed by atoms with Crippen LogP contribution in [0.4, 0.5) is 15.8 Å². The molecule has 0 bridgehead atoms. The van der Waals surface area contributed by atoms with Crippen LogP contribution in [0, 0.1) is 5.82 Å². The number of nitrogens with one attached hydrogen (secondary N) is 1. The zero-order valence-corrected chi connectivity index (χ0v) is 21.5. The lowest BCUT2D eigenvalue weighted by atomic mass is 9.92. The number of anilines is 2. The molecule has 1 unspecified atom stereocenters. The van der Waals surface area contributed by atoms with Crippen molar-refractivity contribution in [2.75, 3.05) is 36.5 Å². The number of carbonyl (C=O) groups excluding carboxylic acids is 2. The summed E-state index contributed by atoms with van der Waals surface area (Å²) >= 11 is 0. The van der Waals surface area contributed by atoms with Crippen LogP contribution in [-0.2, 0) is 27.3 Å². The Bertz CT molecular complexity index is 1180. The van der Waals surface area contributed by atoms with Crippen LogP contribution in [0.1, 0.15) is 31.4 Å². The molecule has 37 heavy (non-hydrogen) atoms. The summed E-state index contributed by atoms with van der Waals surface area (Å²) in [6, 6.07) is 23.2. The number of hydrogen-bond donors (Lipinski definition) is 1. The molecule has 1 aliphatic heterocycles. The first kappa shape index (κ1) is 26.4. The van der Waals surface area contributed by atoms with E-state index in [0.29, 0.717) is 25.3 Å². The Morgan fingerprint density at radius 1 is 0.946 bits per heavy atom. The monoisotopic (exact) mass is 503 g/mol. The van der Waals surface area contributed by atoms with Gasteiger partial charge in [0.25, 0.3) is 0 Å². The predicted octanol–water partition coefficient (Wildman–Crippen LogP) is 5.04. The third-order valence-electron chi connectivity index (χ3n) is 7.03. The summed E-state index contributed by atoms with van der Waals surface area (Å²) in [4.78, 5) is 31.2. The van der Waals surface area contributed by atoms with E-state index in [4.69, 9.17) is 4.74 Å². The van der Waals surface area contributed by atoms with Crippen molar-refractivity contribution in [1.82, 2.24) is 4.90 Å². The molecule has 0 aliphatic carbocycles. The Balaban J connectivity index is 1.55. The van der Waals surface area contributed by atoms with Crippen molar-refractivity contribution in [3.05, 3.63) is 95.8 Å². The van der Waals surface area contributed by atoms with Gasteiger partial charge in [-0.05, 0) is 60.9 Å². The fourth-order valence-electron chi connectivity index (χ4n) is 4.49.